The molecule has 1 aliphatic heterocycles. The SMILES string of the molecule is CN1CCCC1CCNC(=O)c1ccnc2c1ncn2C.O=C(O)C(F)(F)F. The van der Waals surface area contributed by atoms with E-state index in [1.165, 1.54) is 12.8 Å². The number of hydrogen-bond acceptors (Lipinski definition) is 5. The largest absolute Gasteiger partial charge is 0.490 e. The summed E-state index contributed by atoms with van der Waals surface area (Å²) in [6.07, 6.45) is 1.74. The molecule has 0 radical (unpaired) electrons. The number of aromatic nitrogens is 3. The first kappa shape index (κ1) is 21.6. The summed E-state index contributed by atoms with van der Waals surface area (Å²) in [5.74, 6) is -2.82. The fourth-order valence-electron chi connectivity index (χ4n) is 3.00. The molecule has 3 heterocycles. The number of nitrogens with zero attached hydrogens (tertiary/aromatic N) is 4. The van der Waals surface area contributed by atoms with Crippen LogP contribution in [0.1, 0.15) is 29.6 Å². The Balaban J connectivity index is 0.000000345. The summed E-state index contributed by atoms with van der Waals surface area (Å²) in [6.45, 7) is 1.86. The molecule has 0 spiro atoms. The van der Waals surface area contributed by atoms with Crippen LogP contribution in [0.25, 0.3) is 11.2 Å². The molecule has 1 fully saturated rings. The van der Waals surface area contributed by atoms with Gasteiger partial charge in [0.1, 0.15) is 5.52 Å². The minimum Gasteiger partial charge on any atom is -0.475 e. The van der Waals surface area contributed by atoms with Crippen molar-refractivity contribution >= 4 is 23.0 Å². The highest BCUT2D eigenvalue weighted by molar-refractivity contribution is 6.03. The molecule has 0 aromatic carbocycles. The first-order valence-electron chi connectivity index (χ1n) is 8.66. The molecule has 3 rings (SSSR count). The number of hydrogen-bond donors (Lipinski definition) is 2. The Morgan fingerprint density at radius 2 is 2.00 bits per heavy atom. The molecule has 2 aromatic heterocycles. The van der Waals surface area contributed by atoms with Crippen LogP contribution in [0.3, 0.4) is 0 Å². The van der Waals surface area contributed by atoms with Gasteiger partial charge in [0, 0.05) is 25.8 Å². The maximum Gasteiger partial charge on any atom is 0.490 e. The lowest BCUT2D eigenvalue weighted by atomic mass is 10.1. The molecular weight excluding hydrogens is 379 g/mol. The third kappa shape index (κ3) is 5.41. The quantitative estimate of drug-likeness (QED) is 0.811. The van der Waals surface area contributed by atoms with Crippen LogP contribution < -0.4 is 5.32 Å². The number of aryl methyl sites for hydroxylation is 1. The van der Waals surface area contributed by atoms with E-state index in [9.17, 15) is 18.0 Å². The van der Waals surface area contributed by atoms with Crippen molar-refractivity contribution in [3.63, 3.8) is 0 Å². The second-order valence-electron chi connectivity index (χ2n) is 6.51. The van der Waals surface area contributed by atoms with Gasteiger partial charge in [0.15, 0.2) is 5.65 Å². The number of carbonyl (C=O) groups is 2. The van der Waals surface area contributed by atoms with Crippen molar-refractivity contribution in [2.75, 3.05) is 20.1 Å². The first-order valence-corrected chi connectivity index (χ1v) is 8.66. The number of aliphatic carboxylic acids is 1. The number of rotatable bonds is 4. The summed E-state index contributed by atoms with van der Waals surface area (Å²) in [6, 6.07) is 2.32. The minimum absolute atomic E-state index is 0.0678. The van der Waals surface area contributed by atoms with Gasteiger partial charge in [-0.25, -0.2) is 14.8 Å². The molecule has 2 N–H and O–H groups in total. The Kier molecular flexibility index (Phi) is 6.95. The number of alkyl halides is 3. The monoisotopic (exact) mass is 401 g/mol. The Morgan fingerprint density at radius 1 is 1.32 bits per heavy atom. The van der Waals surface area contributed by atoms with Crippen LogP contribution in [-0.4, -0.2) is 68.8 Å². The smallest absolute Gasteiger partial charge is 0.475 e. The number of carboxylic acid groups (broad SMARTS) is 1. The van der Waals surface area contributed by atoms with E-state index in [0.29, 0.717) is 23.7 Å². The highest BCUT2D eigenvalue weighted by Crippen LogP contribution is 2.18. The number of likely N-dealkylation sites (tertiary alicyclic amines) is 1. The third-order valence-electron chi connectivity index (χ3n) is 4.52. The van der Waals surface area contributed by atoms with Gasteiger partial charge in [-0.15, -0.1) is 0 Å². The average Bonchev–Trinajstić information content (AvgIpc) is 3.20. The molecule has 0 bridgehead atoms. The average molecular weight is 401 g/mol. The predicted molar refractivity (Wildman–Crippen MR) is 94.8 cm³/mol. The molecule has 0 aliphatic carbocycles. The van der Waals surface area contributed by atoms with Gasteiger partial charge in [-0.3, -0.25) is 4.79 Å². The van der Waals surface area contributed by atoms with Crippen molar-refractivity contribution in [1.29, 1.82) is 0 Å². The Bertz CT molecular complexity index is 837. The fraction of sp³-hybridized carbons (Fsp3) is 0.529. The molecule has 2 aromatic rings. The van der Waals surface area contributed by atoms with Crippen LogP contribution in [0.15, 0.2) is 18.6 Å². The number of amides is 1. The summed E-state index contributed by atoms with van der Waals surface area (Å²) in [4.78, 5) is 32.1. The summed E-state index contributed by atoms with van der Waals surface area (Å²) >= 11 is 0. The third-order valence-corrected chi connectivity index (χ3v) is 4.52. The van der Waals surface area contributed by atoms with E-state index in [-0.39, 0.29) is 5.91 Å². The summed E-state index contributed by atoms with van der Waals surface area (Å²) in [5, 5.41) is 10.1. The highest BCUT2D eigenvalue weighted by Gasteiger charge is 2.38. The van der Waals surface area contributed by atoms with E-state index in [1.54, 1.807) is 18.6 Å². The van der Waals surface area contributed by atoms with E-state index in [1.807, 2.05) is 11.6 Å². The van der Waals surface area contributed by atoms with Crippen LogP contribution in [0.2, 0.25) is 0 Å². The van der Waals surface area contributed by atoms with Crippen LogP contribution in [0.5, 0.6) is 0 Å². The Labute approximate surface area is 159 Å². The van der Waals surface area contributed by atoms with E-state index in [2.05, 4.69) is 27.2 Å². The molecule has 1 amide bonds. The zero-order chi connectivity index (χ0) is 20.9. The zero-order valence-electron chi connectivity index (χ0n) is 15.5. The maximum atomic E-state index is 12.3. The van der Waals surface area contributed by atoms with Crippen molar-refractivity contribution in [1.82, 2.24) is 24.8 Å². The van der Waals surface area contributed by atoms with Gasteiger partial charge in [0.25, 0.3) is 5.91 Å². The number of pyridine rings is 1. The lowest BCUT2D eigenvalue weighted by molar-refractivity contribution is -0.192. The molecule has 1 atom stereocenters. The molecular formula is C17H22F3N5O3. The maximum absolute atomic E-state index is 12.3. The van der Waals surface area contributed by atoms with Crippen LogP contribution >= 0.6 is 0 Å². The summed E-state index contributed by atoms with van der Waals surface area (Å²) < 4.78 is 33.6. The lowest BCUT2D eigenvalue weighted by Crippen LogP contribution is -2.31. The molecule has 0 saturated carbocycles. The van der Waals surface area contributed by atoms with Gasteiger partial charge in [0.2, 0.25) is 0 Å². The van der Waals surface area contributed by atoms with E-state index < -0.39 is 12.1 Å². The normalized spacial score (nSPS) is 17.2. The number of fused-ring (bicyclic) bond motifs is 1. The standard InChI is InChI=1S/C15H21N5O.C2HF3O2/c1-19-9-3-4-11(19)5-7-17-15(21)12-6-8-16-14-13(12)18-10-20(14)2;3-2(4,5)1(6)7/h6,8,10-11H,3-5,7,9H2,1-2H3,(H,17,21);(H,6,7). The summed E-state index contributed by atoms with van der Waals surface area (Å²) in [7, 11) is 4.03. The van der Waals surface area contributed by atoms with Gasteiger partial charge >= 0.3 is 12.1 Å². The number of carbonyl (C=O) groups excluding carboxylic acids is 1. The van der Waals surface area contributed by atoms with Crippen LogP contribution in [0.4, 0.5) is 13.2 Å². The second-order valence-corrected chi connectivity index (χ2v) is 6.51. The van der Waals surface area contributed by atoms with Gasteiger partial charge in [-0.2, -0.15) is 13.2 Å². The molecule has 1 saturated heterocycles. The molecule has 11 heteroatoms. The predicted octanol–water partition coefficient (Wildman–Crippen LogP) is 1.82. The molecule has 8 nitrogen and oxygen atoms in total. The van der Waals surface area contributed by atoms with E-state index >= 15 is 0 Å². The second kappa shape index (κ2) is 9.00. The van der Waals surface area contributed by atoms with Gasteiger partial charge < -0.3 is 19.9 Å². The van der Waals surface area contributed by atoms with Crippen molar-refractivity contribution < 1.29 is 27.9 Å². The molecule has 1 aliphatic rings. The lowest BCUT2D eigenvalue weighted by Gasteiger charge is -2.19. The Hall–Kier alpha value is -2.69. The zero-order valence-corrected chi connectivity index (χ0v) is 15.5. The fourth-order valence-corrected chi connectivity index (χ4v) is 3.00. The first-order chi connectivity index (χ1) is 13.1. The van der Waals surface area contributed by atoms with Crippen molar-refractivity contribution in [2.24, 2.45) is 7.05 Å². The highest BCUT2D eigenvalue weighted by atomic mass is 19.4. The summed E-state index contributed by atoms with van der Waals surface area (Å²) in [5.41, 5.74) is 1.99. The van der Waals surface area contributed by atoms with Crippen LogP contribution in [-0.2, 0) is 11.8 Å². The van der Waals surface area contributed by atoms with Crippen molar-refractivity contribution in [3.8, 4) is 0 Å². The number of halogens is 3. The van der Waals surface area contributed by atoms with E-state index in [0.717, 1.165) is 18.6 Å². The van der Waals surface area contributed by atoms with Gasteiger partial charge in [0.05, 0.1) is 11.9 Å². The number of imidazole rings is 1. The Morgan fingerprint density at radius 3 is 2.57 bits per heavy atom. The van der Waals surface area contributed by atoms with Gasteiger partial charge in [-0.05, 0) is 38.9 Å². The molecule has 28 heavy (non-hydrogen) atoms. The number of carboxylic acids is 1. The molecule has 1 unspecified atom stereocenters. The van der Waals surface area contributed by atoms with Crippen molar-refractivity contribution in [3.05, 3.63) is 24.2 Å². The van der Waals surface area contributed by atoms with Gasteiger partial charge in [-0.1, -0.05) is 0 Å². The molecule has 154 valence electrons. The van der Waals surface area contributed by atoms with Crippen LogP contribution in [0, 0.1) is 0 Å². The van der Waals surface area contributed by atoms with E-state index in [4.69, 9.17) is 9.90 Å². The van der Waals surface area contributed by atoms with Crippen molar-refractivity contribution in [2.45, 2.75) is 31.5 Å². The number of nitrogens with one attached hydrogen (secondary N) is 1. The minimum atomic E-state index is -5.08. The topological polar surface area (TPSA) is 100 Å².